The smallest absolute Gasteiger partial charge is 0.351 e. The third-order valence-corrected chi connectivity index (χ3v) is 3.22. The minimum Gasteiger partial charge on any atom is -0.351 e. The standard InChI is InChI=1S/C12H11F3N4O2/c1-7-4-8(21-17-7)11(20)19-3-2-18-5-9(12(13,14)15)16-10(18)6-19/h4-5H,2-3,6H2,1H3. The van der Waals surface area contributed by atoms with E-state index in [4.69, 9.17) is 4.52 Å². The maximum Gasteiger partial charge on any atom is 0.434 e. The van der Waals surface area contributed by atoms with Crippen LogP contribution in [0.15, 0.2) is 16.8 Å². The largest absolute Gasteiger partial charge is 0.434 e. The highest BCUT2D eigenvalue weighted by Gasteiger charge is 2.36. The Morgan fingerprint density at radius 3 is 2.76 bits per heavy atom. The third kappa shape index (κ3) is 2.50. The van der Waals surface area contributed by atoms with Gasteiger partial charge in [0.2, 0.25) is 5.76 Å². The molecule has 0 radical (unpaired) electrons. The molecule has 1 aliphatic rings. The Labute approximate surface area is 117 Å². The molecule has 0 aromatic carbocycles. The van der Waals surface area contributed by atoms with Gasteiger partial charge in [-0.15, -0.1) is 0 Å². The van der Waals surface area contributed by atoms with Crippen molar-refractivity contribution in [2.75, 3.05) is 6.54 Å². The number of rotatable bonds is 1. The number of aryl methyl sites for hydroxylation is 1. The molecule has 0 spiro atoms. The molecule has 0 bridgehead atoms. The molecule has 0 atom stereocenters. The molecule has 112 valence electrons. The summed E-state index contributed by atoms with van der Waals surface area (Å²) in [4.78, 5) is 17.1. The van der Waals surface area contributed by atoms with Crippen molar-refractivity contribution in [3.05, 3.63) is 35.2 Å². The molecule has 2 aromatic rings. The Bertz CT molecular complexity index is 689. The third-order valence-electron chi connectivity index (χ3n) is 3.22. The summed E-state index contributed by atoms with van der Waals surface area (Å²) in [5, 5.41) is 3.62. The summed E-state index contributed by atoms with van der Waals surface area (Å²) >= 11 is 0. The molecule has 0 aliphatic carbocycles. The molecule has 21 heavy (non-hydrogen) atoms. The highest BCUT2D eigenvalue weighted by molar-refractivity contribution is 5.91. The molecule has 0 N–H and O–H groups in total. The number of amides is 1. The van der Waals surface area contributed by atoms with E-state index in [2.05, 4.69) is 10.1 Å². The molecule has 3 rings (SSSR count). The van der Waals surface area contributed by atoms with Gasteiger partial charge in [0.25, 0.3) is 5.91 Å². The number of carbonyl (C=O) groups is 1. The summed E-state index contributed by atoms with van der Waals surface area (Å²) in [6, 6.07) is 1.49. The molecule has 0 fully saturated rings. The fraction of sp³-hybridized carbons (Fsp3) is 0.417. The van der Waals surface area contributed by atoms with E-state index in [-0.39, 0.29) is 24.7 Å². The van der Waals surface area contributed by atoms with E-state index >= 15 is 0 Å². The summed E-state index contributed by atoms with van der Waals surface area (Å²) in [6.07, 6.45) is -3.52. The maximum atomic E-state index is 12.6. The van der Waals surface area contributed by atoms with Crippen LogP contribution in [0.3, 0.4) is 0 Å². The first kappa shape index (κ1) is 13.7. The fourth-order valence-electron chi connectivity index (χ4n) is 2.18. The second kappa shape index (κ2) is 4.61. The number of hydrogen-bond acceptors (Lipinski definition) is 4. The highest BCUT2D eigenvalue weighted by Crippen LogP contribution is 2.29. The van der Waals surface area contributed by atoms with Crippen molar-refractivity contribution in [3.63, 3.8) is 0 Å². The maximum absolute atomic E-state index is 12.6. The van der Waals surface area contributed by atoms with E-state index < -0.39 is 17.8 Å². The number of imidazole rings is 1. The van der Waals surface area contributed by atoms with Crippen LogP contribution in [-0.4, -0.2) is 32.1 Å². The van der Waals surface area contributed by atoms with Crippen molar-refractivity contribution in [3.8, 4) is 0 Å². The lowest BCUT2D eigenvalue weighted by atomic mass is 10.3. The lowest BCUT2D eigenvalue weighted by Gasteiger charge is -2.26. The van der Waals surface area contributed by atoms with Crippen molar-refractivity contribution in [1.29, 1.82) is 0 Å². The van der Waals surface area contributed by atoms with E-state index in [1.807, 2.05) is 0 Å². The molecular weight excluding hydrogens is 289 g/mol. The number of halogens is 3. The number of carbonyl (C=O) groups excluding carboxylic acids is 1. The number of nitrogens with zero attached hydrogens (tertiary/aromatic N) is 4. The van der Waals surface area contributed by atoms with Crippen LogP contribution < -0.4 is 0 Å². The topological polar surface area (TPSA) is 64.2 Å². The van der Waals surface area contributed by atoms with Crippen LogP contribution in [0.4, 0.5) is 13.2 Å². The molecule has 0 unspecified atom stereocenters. The van der Waals surface area contributed by atoms with Crippen LogP contribution in [0.2, 0.25) is 0 Å². The Morgan fingerprint density at radius 2 is 2.14 bits per heavy atom. The second-order valence-electron chi connectivity index (χ2n) is 4.79. The highest BCUT2D eigenvalue weighted by atomic mass is 19.4. The van der Waals surface area contributed by atoms with Crippen molar-refractivity contribution in [2.24, 2.45) is 0 Å². The molecule has 2 aromatic heterocycles. The quantitative estimate of drug-likeness (QED) is 0.806. The van der Waals surface area contributed by atoms with Crippen LogP contribution in [0.5, 0.6) is 0 Å². The fourth-order valence-corrected chi connectivity index (χ4v) is 2.18. The molecule has 9 heteroatoms. The molecule has 0 saturated carbocycles. The average Bonchev–Trinajstić information content (AvgIpc) is 3.02. The zero-order chi connectivity index (χ0) is 15.2. The van der Waals surface area contributed by atoms with Crippen molar-refractivity contribution >= 4 is 5.91 Å². The Balaban J connectivity index is 1.81. The summed E-state index contributed by atoms with van der Waals surface area (Å²) in [5.41, 5.74) is -0.376. The number of fused-ring (bicyclic) bond motifs is 1. The van der Waals surface area contributed by atoms with Crippen molar-refractivity contribution in [1.82, 2.24) is 19.6 Å². The van der Waals surface area contributed by atoms with Crippen LogP contribution in [0.25, 0.3) is 0 Å². The first-order valence-corrected chi connectivity index (χ1v) is 6.20. The van der Waals surface area contributed by atoms with E-state index in [0.29, 0.717) is 12.2 Å². The van der Waals surface area contributed by atoms with Gasteiger partial charge in [-0.1, -0.05) is 5.16 Å². The first-order chi connectivity index (χ1) is 9.84. The second-order valence-corrected chi connectivity index (χ2v) is 4.79. The van der Waals surface area contributed by atoms with Crippen LogP contribution >= 0.6 is 0 Å². The molecule has 1 amide bonds. The number of alkyl halides is 3. The van der Waals surface area contributed by atoms with Crippen LogP contribution in [0.1, 0.15) is 27.8 Å². The molecule has 3 heterocycles. The first-order valence-electron chi connectivity index (χ1n) is 6.20. The van der Waals surface area contributed by atoms with Gasteiger partial charge in [-0.25, -0.2) is 4.98 Å². The minimum atomic E-state index is -4.48. The lowest BCUT2D eigenvalue weighted by Crippen LogP contribution is -2.38. The van der Waals surface area contributed by atoms with E-state index in [1.54, 1.807) is 6.92 Å². The van der Waals surface area contributed by atoms with Gasteiger partial charge in [-0.05, 0) is 6.92 Å². The van der Waals surface area contributed by atoms with Crippen LogP contribution in [-0.2, 0) is 19.3 Å². The van der Waals surface area contributed by atoms with Gasteiger partial charge in [0.05, 0.1) is 12.2 Å². The zero-order valence-electron chi connectivity index (χ0n) is 11.0. The van der Waals surface area contributed by atoms with Gasteiger partial charge in [0, 0.05) is 25.4 Å². The Morgan fingerprint density at radius 1 is 1.38 bits per heavy atom. The van der Waals surface area contributed by atoms with Gasteiger partial charge in [-0.2, -0.15) is 13.2 Å². The van der Waals surface area contributed by atoms with Crippen molar-refractivity contribution in [2.45, 2.75) is 26.2 Å². The minimum absolute atomic E-state index is 0.00859. The number of hydrogen-bond donors (Lipinski definition) is 0. The predicted molar refractivity (Wildman–Crippen MR) is 63.2 cm³/mol. The van der Waals surface area contributed by atoms with E-state index in [0.717, 1.165) is 6.20 Å². The predicted octanol–water partition coefficient (Wildman–Crippen LogP) is 1.85. The Hall–Kier alpha value is -2.32. The Kier molecular flexibility index (Phi) is 2.99. The molecule has 1 aliphatic heterocycles. The summed E-state index contributed by atoms with van der Waals surface area (Å²) < 4.78 is 44.1. The average molecular weight is 300 g/mol. The monoisotopic (exact) mass is 300 g/mol. The summed E-state index contributed by atoms with van der Waals surface area (Å²) in [5.74, 6) is -0.125. The molecule has 6 nitrogen and oxygen atoms in total. The zero-order valence-corrected chi connectivity index (χ0v) is 11.0. The number of aromatic nitrogens is 3. The van der Waals surface area contributed by atoms with Gasteiger partial charge < -0.3 is 14.0 Å². The summed E-state index contributed by atoms with van der Waals surface area (Å²) in [7, 11) is 0. The van der Waals surface area contributed by atoms with Crippen LogP contribution in [0, 0.1) is 6.92 Å². The molecule has 0 saturated heterocycles. The van der Waals surface area contributed by atoms with E-state index in [9.17, 15) is 18.0 Å². The lowest BCUT2D eigenvalue weighted by molar-refractivity contribution is -0.141. The normalized spacial score (nSPS) is 15.1. The summed E-state index contributed by atoms with van der Waals surface area (Å²) in [6.45, 7) is 2.24. The van der Waals surface area contributed by atoms with Gasteiger partial charge in [-0.3, -0.25) is 4.79 Å². The van der Waals surface area contributed by atoms with Gasteiger partial charge >= 0.3 is 6.18 Å². The van der Waals surface area contributed by atoms with Crippen molar-refractivity contribution < 1.29 is 22.5 Å². The SMILES string of the molecule is Cc1cc(C(=O)N2CCn3cc(C(F)(F)F)nc3C2)on1. The van der Waals surface area contributed by atoms with E-state index in [1.165, 1.54) is 15.5 Å². The van der Waals surface area contributed by atoms with Gasteiger partial charge in [0.15, 0.2) is 5.69 Å². The molecular formula is C12H11F3N4O2. The van der Waals surface area contributed by atoms with Gasteiger partial charge in [0.1, 0.15) is 5.82 Å².